The van der Waals surface area contributed by atoms with Gasteiger partial charge in [0.2, 0.25) is 0 Å². The van der Waals surface area contributed by atoms with Crippen molar-refractivity contribution in [3.05, 3.63) is 0 Å². The monoisotopic (exact) mass is 180 g/mol. The molecule has 0 aromatic rings. The molecule has 7 heavy (non-hydrogen) atoms. The molecule has 0 radical (unpaired) electrons. The first-order chi connectivity index (χ1) is 3.33. The van der Waals surface area contributed by atoms with E-state index in [9.17, 15) is 0 Å². The number of halogens is 2. The Hall–Kier alpha value is 1.21. The van der Waals surface area contributed by atoms with Crippen LogP contribution in [0.5, 0.6) is 0 Å². The average Bonchev–Trinajstić information content (AvgIpc) is 1.69. The van der Waals surface area contributed by atoms with E-state index in [4.69, 9.17) is 28.8 Å². The summed E-state index contributed by atoms with van der Waals surface area (Å²) in [6.07, 6.45) is 0. The summed E-state index contributed by atoms with van der Waals surface area (Å²) in [6, 6.07) is 0. The first-order valence-electron chi connectivity index (χ1n) is 1.51. The molecule has 0 aliphatic carbocycles. The summed E-state index contributed by atoms with van der Waals surface area (Å²) in [5.41, 5.74) is 0. The van der Waals surface area contributed by atoms with Crippen LogP contribution in [0.25, 0.3) is 0 Å². The van der Waals surface area contributed by atoms with Crippen LogP contribution in [0.15, 0.2) is 0 Å². The van der Waals surface area contributed by atoms with Crippen molar-refractivity contribution < 1.29 is 27.2 Å². The van der Waals surface area contributed by atoms with Crippen LogP contribution < -0.4 is 0 Å². The van der Waals surface area contributed by atoms with Crippen LogP contribution in [0.2, 0.25) is 0 Å². The zero-order valence-corrected chi connectivity index (χ0v) is 6.64. The molecule has 0 heterocycles. The maximum absolute atomic E-state index is 7.62. The quantitative estimate of drug-likeness (QED) is 0.572. The third-order valence-electron chi connectivity index (χ3n) is 0.1000. The van der Waals surface area contributed by atoms with Crippen LogP contribution in [-0.2, 0) is 17.0 Å². The van der Waals surface area contributed by atoms with E-state index in [-0.39, 0.29) is 13.2 Å². The van der Waals surface area contributed by atoms with Gasteiger partial charge >= 0.3 is 35.6 Å². The van der Waals surface area contributed by atoms with Crippen molar-refractivity contribution in [3.63, 3.8) is 0 Å². The summed E-state index contributed by atoms with van der Waals surface area (Å²) in [6.45, 7) is -0.250. The molecular formula is C2H6Cl2O2Ti. The Labute approximate surface area is 59.1 Å². The van der Waals surface area contributed by atoms with E-state index in [0.29, 0.717) is 0 Å². The van der Waals surface area contributed by atoms with Crippen LogP contribution >= 0.6 is 18.6 Å². The minimum atomic E-state index is -0.556. The van der Waals surface area contributed by atoms with Crippen molar-refractivity contribution in [1.82, 2.24) is 0 Å². The Morgan fingerprint density at radius 2 is 1.29 bits per heavy atom. The molecule has 0 saturated heterocycles. The normalized spacial score (nSPS) is 6.29. The SMILES string of the molecule is OCCO.[Cl][Ti][Cl]. The molecule has 0 atom stereocenters. The Bertz CT molecular complexity index is 21.2. The molecule has 0 aliphatic rings. The Kier molecular flexibility index (Phi) is 24.8. The molecule has 0 amide bonds. The van der Waals surface area contributed by atoms with Crippen LogP contribution in [0.1, 0.15) is 0 Å². The van der Waals surface area contributed by atoms with E-state index < -0.39 is 17.0 Å². The molecule has 44 valence electrons. The fourth-order valence-electron chi connectivity index (χ4n) is 0. The number of hydrogen-bond acceptors (Lipinski definition) is 2. The van der Waals surface area contributed by atoms with Gasteiger partial charge < -0.3 is 10.2 Å². The molecule has 0 aromatic heterocycles. The molecule has 2 nitrogen and oxygen atoms in total. The van der Waals surface area contributed by atoms with Crippen molar-refractivity contribution in [2.45, 2.75) is 0 Å². The van der Waals surface area contributed by atoms with Crippen molar-refractivity contribution in [2.24, 2.45) is 0 Å². The van der Waals surface area contributed by atoms with Gasteiger partial charge in [0.1, 0.15) is 0 Å². The third-order valence-corrected chi connectivity index (χ3v) is 0.1000. The van der Waals surface area contributed by atoms with E-state index in [1.54, 1.807) is 0 Å². The van der Waals surface area contributed by atoms with Gasteiger partial charge in [0.15, 0.2) is 0 Å². The number of rotatable bonds is 1. The second-order valence-corrected chi connectivity index (χ2v) is 3.10. The summed E-state index contributed by atoms with van der Waals surface area (Å²) < 4.78 is 0. The van der Waals surface area contributed by atoms with Crippen molar-refractivity contribution in [2.75, 3.05) is 13.2 Å². The Morgan fingerprint density at radius 3 is 1.29 bits per heavy atom. The van der Waals surface area contributed by atoms with E-state index in [2.05, 4.69) is 0 Å². The van der Waals surface area contributed by atoms with Crippen molar-refractivity contribution >= 4 is 18.6 Å². The molecule has 5 heteroatoms. The molecule has 0 aliphatic heterocycles. The fraction of sp³-hybridized carbons (Fsp3) is 1.00. The summed E-state index contributed by atoms with van der Waals surface area (Å²) in [4.78, 5) is 0. The van der Waals surface area contributed by atoms with Crippen LogP contribution in [0, 0.1) is 0 Å². The van der Waals surface area contributed by atoms with E-state index >= 15 is 0 Å². The topological polar surface area (TPSA) is 40.5 Å². The van der Waals surface area contributed by atoms with Crippen LogP contribution in [0.3, 0.4) is 0 Å². The fourth-order valence-corrected chi connectivity index (χ4v) is 0. The van der Waals surface area contributed by atoms with E-state index in [1.165, 1.54) is 0 Å². The Morgan fingerprint density at radius 1 is 1.14 bits per heavy atom. The zero-order valence-electron chi connectivity index (χ0n) is 3.56. The standard InChI is InChI=1S/C2H6O2.2ClH.Ti/c3-1-2-4;;;/h3-4H,1-2H2;2*1H;/q;;;+2/p-2. The van der Waals surface area contributed by atoms with Crippen LogP contribution in [0.4, 0.5) is 0 Å². The van der Waals surface area contributed by atoms with Gasteiger partial charge in [0.05, 0.1) is 13.2 Å². The van der Waals surface area contributed by atoms with Gasteiger partial charge in [-0.25, -0.2) is 0 Å². The predicted molar refractivity (Wildman–Crippen MR) is 25.9 cm³/mol. The molecule has 0 aromatic carbocycles. The number of aliphatic hydroxyl groups is 2. The first kappa shape index (κ1) is 11.1. The predicted octanol–water partition coefficient (Wildman–Crippen LogP) is 0.347. The second-order valence-electron chi connectivity index (χ2n) is 0.519. The first-order valence-corrected chi connectivity index (χ1v) is 5.81. The van der Waals surface area contributed by atoms with Crippen LogP contribution in [-0.4, -0.2) is 23.4 Å². The summed E-state index contributed by atoms with van der Waals surface area (Å²) in [5.74, 6) is 0. The molecule has 0 saturated carbocycles. The summed E-state index contributed by atoms with van der Waals surface area (Å²) >= 11 is -0.556. The van der Waals surface area contributed by atoms with Gasteiger partial charge in [-0.2, -0.15) is 0 Å². The molecule has 0 rings (SSSR count). The van der Waals surface area contributed by atoms with E-state index in [1.807, 2.05) is 0 Å². The summed E-state index contributed by atoms with van der Waals surface area (Å²) in [5, 5.41) is 15.2. The van der Waals surface area contributed by atoms with Gasteiger partial charge in [0, 0.05) is 0 Å². The minimum absolute atomic E-state index is 0.125. The molecule has 0 spiro atoms. The van der Waals surface area contributed by atoms with Gasteiger partial charge in [-0.3, -0.25) is 0 Å². The van der Waals surface area contributed by atoms with Gasteiger partial charge in [-0.1, -0.05) is 0 Å². The zero-order chi connectivity index (χ0) is 6.12. The molecular weight excluding hydrogens is 175 g/mol. The van der Waals surface area contributed by atoms with Gasteiger partial charge in [-0.15, -0.1) is 0 Å². The van der Waals surface area contributed by atoms with Gasteiger partial charge in [-0.05, 0) is 0 Å². The molecule has 2 N–H and O–H groups in total. The van der Waals surface area contributed by atoms with Crippen molar-refractivity contribution in [1.29, 1.82) is 0 Å². The number of aliphatic hydroxyl groups excluding tert-OH is 2. The second kappa shape index (κ2) is 15.7. The number of hydrogen-bond donors (Lipinski definition) is 2. The average molecular weight is 181 g/mol. The third kappa shape index (κ3) is 40.0. The van der Waals surface area contributed by atoms with Gasteiger partial charge in [0.25, 0.3) is 0 Å². The van der Waals surface area contributed by atoms with E-state index in [0.717, 1.165) is 0 Å². The summed E-state index contributed by atoms with van der Waals surface area (Å²) in [7, 11) is 9.78. The molecule has 0 bridgehead atoms. The van der Waals surface area contributed by atoms with Crippen molar-refractivity contribution in [3.8, 4) is 0 Å². The maximum atomic E-state index is 7.62. The molecule has 0 unspecified atom stereocenters. The Balaban J connectivity index is 0. The molecule has 0 fully saturated rings.